The maximum absolute atomic E-state index is 13.1. The average molecular weight is 658 g/mol. The van der Waals surface area contributed by atoms with Crippen molar-refractivity contribution in [3.63, 3.8) is 0 Å². The van der Waals surface area contributed by atoms with Crippen LogP contribution in [0.2, 0.25) is 0 Å². The van der Waals surface area contributed by atoms with Gasteiger partial charge in [0.25, 0.3) is 0 Å². The fourth-order valence-corrected chi connectivity index (χ4v) is 4.11. The Morgan fingerprint density at radius 1 is 0.717 bits per heavy atom. The third-order valence-corrected chi connectivity index (χ3v) is 6.19. The Kier molecular flexibility index (Phi) is 25.4. The second kappa shape index (κ2) is 27.6. The predicted molar refractivity (Wildman–Crippen MR) is 168 cm³/mol. The molecule has 46 heavy (non-hydrogen) atoms. The third kappa shape index (κ3) is 23.7. The van der Waals surface area contributed by atoms with Crippen LogP contribution in [0.25, 0.3) is 20.9 Å². The monoisotopic (exact) mass is 657 g/mol. The summed E-state index contributed by atoms with van der Waals surface area (Å²) in [4.78, 5) is 56.0. The van der Waals surface area contributed by atoms with Crippen LogP contribution in [0.1, 0.15) is 65.7 Å². The largest absolute Gasteiger partial charge is 0.480 e. The van der Waals surface area contributed by atoms with Gasteiger partial charge >= 0.3 is 5.97 Å². The SMILES string of the molecule is CC(C)(C)N(C(=O)CCCNC(=O)CCOCCOCCN=[N+]=[N-])C(CCCCNC(=O)CCOCCOCCN=[N+]=[N-])C(=O)O. The molecule has 0 bridgehead atoms. The molecule has 0 aromatic carbocycles. The van der Waals surface area contributed by atoms with Crippen LogP contribution in [0.3, 0.4) is 0 Å². The van der Waals surface area contributed by atoms with E-state index in [1.54, 1.807) is 20.8 Å². The summed E-state index contributed by atoms with van der Waals surface area (Å²) in [7, 11) is 0. The van der Waals surface area contributed by atoms with Gasteiger partial charge in [0.15, 0.2) is 0 Å². The molecule has 0 aromatic heterocycles. The molecule has 3 amide bonds. The summed E-state index contributed by atoms with van der Waals surface area (Å²) in [5, 5.41) is 22.1. The lowest BCUT2D eigenvalue weighted by molar-refractivity contribution is -0.155. The highest BCUT2D eigenvalue weighted by Crippen LogP contribution is 2.22. The average Bonchev–Trinajstić information content (AvgIpc) is 3.00. The van der Waals surface area contributed by atoms with Crippen molar-refractivity contribution in [3.8, 4) is 0 Å². The Bertz CT molecular complexity index is 982. The van der Waals surface area contributed by atoms with Gasteiger partial charge in [0, 0.05) is 60.8 Å². The van der Waals surface area contributed by atoms with Gasteiger partial charge in [-0.2, -0.15) is 0 Å². The predicted octanol–water partition coefficient (Wildman–Crippen LogP) is 2.72. The second-order valence-corrected chi connectivity index (χ2v) is 10.9. The molecular formula is C28H51N9O9. The van der Waals surface area contributed by atoms with Gasteiger partial charge in [-0.25, -0.2) is 4.79 Å². The van der Waals surface area contributed by atoms with Crippen LogP contribution in [-0.2, 0) is 38.1 Å². The van der Waals surface area contributed by atoms with Crippen LogP contribution in [0.5, 0.6) is 0 Å². The third-order valence-electron chi connectivity index (χ3n) is 6.19. The van der Waals surface area contributed by atoms with E-state index in [0.717, 1.165) is 0 Å². The van der Waals surface area contributed by atoms with Crippen LogP contribution >= 0.6 is 0 Å². The summed E-state index contributed by atoms with van der Waals surface area (Å²) in [6, 6.07) is -1.03. The highest BCUT2D eigenvalue weighted by molar-refractivity contribution is 5.84. The van der Waals surface area contributed by atoms with Crippen molar-refractivity contribution < 1.29 is 43.2 Å². The zero-order valence-electron chi connectivity index (χ0n) is 27.4. The number of unbranched alkanes of at least 4 members (excludes halogenated alkanes) is 1. The van der Waals surface area contributed by atoms with E-state index in [4.69, 9.17) is 30.0 Å². The molecule has 0 fully saturated rings. The number of carbonyl (C=O) groups excluding carboxylic acids is 3. The molecule has 0 saturated carbocycles. The number of hydrogen-bond acceptors (Lipinski definition) is 10. The van der Waals surface area contributed by atoms with Gasteiger partial charge in [-0.1, -0.05) is 10.2 Å². The molecule has 0 aliphatic carbocycles. The standard InChI is InChI=1S/C28H51N9O9/c1-28(2,3)37(26(40)8-6-12-32-25(39)10-16-44-20-22-46-18-14-34-36-30)23(27(41)42)7-4-5-11-31-24(38)9-15-43-19-21-45-17-13-33-35-29/h23H,4-22H2,1-3H3,(H,31,38)(H,32,39)(H,41,42). The van der Waals surface area contributed by atoms with E-state index < -0.39 is 17.6 Å². The molecule has 0 aliphatic rings. The van der Waals surface area contributed by atoms with Crippen molar-refractivity contribution >= 4 is 23.7 Å². The topological polar surface area (TPSA) is 250 Å². The molecule has 0 saturated heterocycles. The van der Waals surface area contributed by atoms with Gasteiger partial charge in [0.1, 0.15) is 6.04 Å². The molecule has 0 aromatic rings. The van der Waals surface area contributed by atoms with Gasteiger partial charge in [-0.05, 0) is 57.5 Å². The lowest BCUT2D eigenvalue weighted by Gasteiger charge is -2.40. The lowest BCUT2D eigenvalue weighted by Crippen LogP contribution is -2.54. The molecule has 0 radical (unpaired) electrons. The molecule has 0 rings (SSSR count). The van der Waals surface area contributed by atoms with Gasteiger partial charge in [0.05, 0.1) is 52.9 Å². The molecule has 0 heterocycles. The smallest absolute Gasteiger partial charge is 0.326 e. The molecule has 0 spiro atoms. The van der Waals surface area contributed by atoms with E-state index >= 15 is 0 Å². The first-order valence-electron chi connectivity index (χ1n) is 15.5. The number of azide groups is 2. The Hall–Kier alpha value is -3.66. The van der Waals surface area contributed by atoms with E-state index in [9.17, 15) is 24.3 Å². The molecular weight excluding hydrogens is 606 g/mol. The number of aliphatic carboxylic acids is 1. The number of hydrogen-bond donors (Lipinski definition) is 3. The normalized spacial score (nSPS) is 11.5. The maximum Gasteiger partial charge on any atom is 0.326 e. The first-order chi connectivity index (χ1) is 22.0. The van der Waals surface area contributed by atoms with Crippen molar-refractivity contribution in [2.24, 2.45) is 10.2 Å². The van der Waals surface area contributed by atoms with E-state index in [0.29, 0.717) is 65.4 Å². The van der Waals surface area contributed by atoms with E-state index in [-0.39, 0.29) is 76.3 Å². The van der Waals surface area contributed by atoms with Crippen molar-refractivity contribution in [2.45, 2.75) is 77.3 Å². The van der Waals surface area contributed by atoms with Crippen LogP contribution < -0.4 is 10.6 Å². The maximum atomic E-state index is 13.1. The highest BCUT2D eigenvalue weighted by atomic mass is 16.5. The lowest BCUT2D eigenvalue weighted by atomic mass is 9.98. The minimum Gasteiger partial charge on any atom is -0.480 e. The molecule has 262 valence electrons. The highest BCUT2D eigenvalue weighted by Gasteiger charge is 2.36. The zero-order chi connectivity index (χ0) is 34.5. The first kappa shape index (κ1) is 42.3. The van der Waals surface area contributed by atoms with E-state index in [1.807, 2.05) is 0 Å². The molecule has 18 nitrogen and oxygen atoms in total. The number of carbonyl (C=O) groups is 4. The summed E-state index contributed by atoms with van der Waals surface area (Å²) < 4.78 is 21.1. The van der Waals surface area contributed by atoms with Crippen molar-refractivity contribution in [1.29, 1.82) is 0 Å². The second-order valence-electron chi connectivity index (χ2n) is 10.9. The van der Waals surface area contributed by atoms with Gasteiger partial charge in [-0.3, -0.25) is 14.4 Å². The number of nitrogens with one attached hydrogen (secondary N) is 2. The van der Waals surface area contributed by atoms with Crippen LogP contribution in [0.4, 0.5) is 0 Å². The minimum absolute atomic E-state index is 0.0744. The fraction of sp³-hybridized carbons (Fsp3) is 0.857. The van der Waals surface area contributed by atoms with E-state index in [1.165, 1.54) is 4.90 Å². The number of rotatable bonds is 29. The van der Waals surface area contributed by atoms with Crippen molar-refractivity contribution in [2.75, 3.05) is 79.0 Å². The van der Waals surface area contributed by atoms with Gasteiger partial charge in [0.2, 0.25) is 17.7 Å². The Labute approximate surface area is 270 Å². The number of amides is 3. The minimum atomic E-state index is -1.10. The number of ether oxygens (including phenoxy) is 4. The van der Waals surface area contributed by atoms with Crippen molar-refractivity contribution in [3.05, 3.63) is 20.9 Å². The first-order valence-corrected chi connectivity index (χ1v) is 15.5. The quantitative estimate of drug-likeness (QED) is 0.0462. The molecule has 3 N–H and O–H groups in total. The summed E-state index contributed by atoms with van der Waals surface area (Å²) in [5.41, 5.74) is 15.6. The summed E-state index contributed by atoms with van der Waals surface area (Å²) in [6.07, 6.45) is 2.01. The Balaban J connectivity index is 4.32. The Morgan fingerprint density at radius 2 is 1.17 bits per heavy atom. The number of carboxylic acid groups (broad SMARTS) is 1. The summed E-state index contributed by atoms with van der Waals surface area (Å²) in [6.45, 7) is 8.78. The van der Waals surface area contributed by atoms with Gasteiger partial charge in [-0.15, -0.1) is 0 Å². The molecule has 1 unspecified atom stereocenters. The van der Waals surface area contributed by atoms with Crippen LogP contribution in [0.15, 0.2) is 10.2 Å². The number of carboxylic acids is 1. The summed E-state index contributed by atoms with van der Waals surface area (Å²) in [5.74, 6) is -1.82. The van der Waals surface area contributed by atoms with Crippen molar-refractivity contribution in [1.82, 2.24) is 15.5 Å². The zero-order valence-corrected chi connectivity index (χ0v) is 27.4. The molecule has 18 heteroatoms. The summed E-state index contributed by atoms with van der Waals surface area (Å²) >= 11 is 0. The molecule has 1 atom stereocenters. The fourth-order valence-electron chi connectivity index (χ4n) is 4.11. The number of nitrogens with zero attached hydrogens (tertiary/aromatic N) is 7. The molecule has 0 aliphatic heterocycles. The van der Waals surface area contributed by atoms with Crippen LogP contribution in [0, 0.1) is 0 Å². The van der Waals surface area contributed by atoms with Gasteiger partial charge < -0.3 is 39.6 Å². The Morgan fingerprint density at radius 3 is 1.61 bits per heavy atom. The van der Waals surface area contributed by atoms with Crippen LogP contribution in [-0.4, -0.2) is 124 Å². The van der Waals surface area contributed by atoms with E-state index in [2.05, 4.69) is 30.7 Å².